The quantitative estimate of drug-likeness (QED) is 0.850. The molecule has 4 heteroatoms. The van der Waals surface area contributed by atoms with Gasteiger partial charge in [0.1, 0.15) is 5.82 Å². The molecule has 0 aliphatic carbocycles. The van der Waals surface area contributed by atoms with Gasteiger partial charge in [-0.25, -0.2) is 4.98 Å². The van der Waals surface area contributed by atoms with Crippen LogP contribution in [0.1, 0.15) is 39.1 Å². The summed E-state index contributed by atoms with van der Waals surface area (Å²) in [6, 6.07) is 9.19. The molecule has 1 heterocycles. The lowest BCUT2D eigenvalue weighted by Gasteiger charge is -2.24. The second-order valence-corrected chi connectivity index (χ2v) is 5.93. The average Bonchev–Trinajstić information content (AvgIpc) is 2.84. The Kier molecular flexibility index (Phi) is 5.37. The fourth-order valence-electron chi connectivity index (χ4n) is 2.63. The third-order valence-corrected chi connectivity index (χ3v) is 4.47. The molecule has 0 saturated carbocycles. The molecule has 2 atom stereocenters. The number of aromatic nitrogens is 2. The zero-order valence-corrected chi connectivity index (χ0v) is 13.9. The minimum absolute atomic E-state index is 0.257. The SMILES string of the molecule is CCC(C)N(C)CCNC(C)c1nc2ccccc2n1C. The molecule has 116 valence electrons. The highest BCUT2D eigenvalue weighted by atomic mass is 15.2. The largest absolute Gasteiger partial charge is 0.330 e. The number of para-hydroxylation sites is 2. The van der Waals surface area contributed by atoms with Crippen LogP contribution < -0.4 is 5.32 Å². The Morgan fingerprint density at radius 1 is 1.29 bits per heavy atom. The van der Waals surface area contributed by atoms with Crippen molar-refractivity contribution in [2.24, 2.45) is 7.05 Å². The molecule has 0 aliphatic heterocycles. The molecule has 0 aliphatic rings. The van der Waals surface area contributed by atoms with Gasteiger partial charge in [-0.2, -0.15) is 0 Å². The predicted molar refractivity (Wildman–Crippen MR) is 89.5 cm³/mol. The summed E-state index contributed by atoms with van der Waals surface area (Å²) in [6.07, 6.45) is 1.19. The standard InChI is InChI=1S/C17H28N4/c1-6-13(2)20(4)12-11-18-14(3)17-19-15-9-7-8-10-16(15)21(17)5/h7-10,13-14,18H,6,11-12H2,1-5H3. The first kappa shape index (κ1) is 16.0. The van der Waals surface area contributed by atoms with E-state index in [1.165, 1.54) is 11.9 Å². The van der Waals surface area contributed by atoms with Crippen LogP contribution in [0.15, 0.2) is 24.3 Å². The molecule has 1 N–H and O–H groups in total. The predicted octanol–water partition coefficient (Wildman–Crippen LogP) is 2.95. The van der Waals surface area contributed by atoms with Gasteiger partial charge in [-0.1, -0.05) is 19.1 Å². The molecule has 0 bridgehead atoms. The zero-order chi connectivity index (χ0) is 15.4. The first-order valence-corrected chi connectivity index (χ1v) is 7.89. The van der Waals surface area contributed by atoms with Crippen LogP contribution in [0.3, 0.4) is 0 Å². The average molecular weight is 288 g/mol. The highest BCUT2D eigenvalue weighted by Crippen LogP contribution is 2.18. The third-order valence-electron chi connectivity index (χ3n) is 4.47. The van der Waals surface area contributed by atoms with E-state index in [2.05, 4.69) is 67.8 Å². The van der Waals surface area contributed by atoms with Crippen molar-refractivity contribution in [2.75, 3.05) is 20.1 Å². The number of rotatable bonds is 7. The molecule has 2 aromatic rings. The van der Waals surface area contributed by atoms with Crippen molar-refractivity contribution < 1.29 is 0 Å². The molecule has 0 saturated heterocycles. The van der Waals surface area contributed by atoms with Crippen LogP contribution in [0.2, 0.25) is 0 Å². The van der Waals surface area contributed by atoms with Gasteiger partial charge in [0.2, 0.25) is 0 Å². The van der Waals surface area contributed by atoms with E-state index in [4.69, 9.17) is 4.98 Å². The van der Waals surface area contributed by atoms with Gasteiger partial charge in [0, 0.05) is 26.2 Å². The first-order valence-electron chi connectivity index (χ1n) is 7.89. The second-order valence-electron chi connectivity index (χ2n) is 5.93. The van der Waals surface area contributed by atoms with E-state index in [0.29, 0.717) is 6.04 Å². The normalized spacial score (nSPS) is 14.8. The molecule has 4 nitrogen and oxygen atoms in total. The number of fused-ring (bicyclic) bond motifs is 1. The smallest absolute Gasteiger partial charge is 0.126 e. The molecular formula is C17H28N4. The number of likely N-dealkylation sites (N-methyl/N-ethyl adjacent to an activating group) is 1. The van der Waals surface area contributed by atoms with Crippen molar-refractivity contribution in [3.05, 3.63) is 30.1 Å². The summed E-state index contributed by atoms with van der Waals surface area (Å²) >= 11 is 0. The molecule has 0 fully saturated rings. The molecular weight excluding hydrogens is 260 g/mol. The Morgan fingerprint density at radius 3 is 2.67 bits per heavy atom. The monoisotopic (exact) mass is 288 g/mol. The van der Waals surface area contributed by atoms with Gasteiger partial charge in [0.25, 0.3) is 0 Å². The van der Waals surface area contributed by atoms with E-state index in [9.17, 15) is 0 Å². The van der Waals surface area contributed by atoms with Crippen molar-refractivity contribution in [1.29, 1.82) is 0 Å². The van der Waals surface area contributed by atoms with Crippen LogP contribution in [0.25, 0.3) is 11.0 Å². The Morgan fingerprint density at radius 2 is 2.00 bits per heavy atom. The van der Waals surface area contributed by atoms with Gasteiger partial charge in [-0.05, 0) is 39.4 Å². The van der Waals surface area contributed by atoms with Crippen LogP contribution in [-0.4, -0.2) is 40.6 Å². The van der Waals surface area contributed by atoms with Crippen molar-refractivity contribution in [1.82, 2.24) is 19.8 Å². The minimum atomic E-state index is 0.257. The van der Waals surface area contributed by atoms with E-state index >= 15 is 0 Å². The van der Waals surface area contributed by atoms with E-state index in [1.807, 2.05) is 6.07 Å². The lowest BCUT2D eigenvalue weighted by atomic mass is 10.2. The van der Waals surface area contributed by atoms with Gasteiger partial charge >= 0.3 is 0 Å². The third kappa shape index (κ3) is 3.63. The molecule has 2 rings (SSSR count). The molecule has 1 aromatic heterocycles. The summed E-state index contributed by atoms with van der Waals surface area (Å²) in [5.41, 5.74) is 2.26. The number of imidazole rings is 1. The topological polar surface area (TPSA) is 33.1 Å². The minimum Gasteiger partial charge on any atom is -0.330 e. The van der Waals surface area contributed by atoms with Crippen LogP contribution in [0.5, 0.6) is 0 Å². The fraction of sp³-hybridized carbons (Fsp3) is 0.588. The van der Waals surface area contributed by atoms with E-state index in [-0.39, 0.29) is 6.04 Å². The summed E-state index contributed by atoms with van der Waals surface area (Å²) in [6.45, 7) is 8.73. The van der Waals surface area contributed by atoms with Gasteiger partial charge in [-0.3, -0.25) is 0 Å². The van der Waals surface area contributed by atoms with E-state index in [0.717, 1.165) is 24.4 Å². The number of nitrogens with zero attached hydrogens (tertiary/aromatic N) is 3. The summed E-state index contributed by atoms with van der Waals surface area (Å²) in [4.78, 5) is 7.15. The van der Waals surface area contributed by atoms with E-state index in [1.54, 1.807) is 0 Å². The lowest BCUT2D eigenvalue weighted by Crippen LogP contribution is -2.36. The van der Waals surface area contributed by atoms with Crippen LogP contribution >= 0.6 is 0 Å². The van der Waals surface area contributed by atoms with Gasteiger partial charge < -0.3 is 14.8 Å². The lowest BCUT2D eigenvalue weighted by molar-refractivity contribution is 0.248. The maximum absolute atomic E-state index is 4.75. The Labute approximate surface area is 128 Å². The van der Waals surface area contributed by atoms with E-state index < -0.39 is 0 Å². The fourth-order valence-corrected chi connectivity index (χ4v) is 2.63. The van der Waals surface area contributed by atoms with Crippen molar-refractivity contribution in [3.8, 4) is 0 Å². The highest BCUT2D eigenvalue weighted by Gasteiger charge is 2.14. The van der Waals surface area contributed by atoms with Gasteiger partial charge in [-0.15, -0.1) is 0 Å². The zero-order valence-electron chi connectivity index (χ0n) is 13.9. The Balaban J connectivity index is 1.96. The maximum Gasteiger partial charge on any atom is 0.126 e. The summed E-state index contributed by atoms with van der Waals surface area (Å²) in [7, 11) is 4.28. The molecule has 0 amide bonds. The van der Waals surface area contributed by atoms with Crippen LogP contribution in [-0.2, 0) is 7.05 Å². The molecule has 21 heavy (non-hydrogen) atoms. The number of hydrogen-bond acceptors (Lipinski definition) is 3. The highest BCUT2D eigenvalue weighted by molar-refractivity contribution is 5.75. The summed E-state index contributed by atoms with van der Waals surface area (Å²) in [5, 5.41) is 3.59. The van der Waals surface area contributed by atoms with Crippen LogP contribution in [0, 0.1) is 0 Å². The number of aryl methyl sites for hydroxylation is 1. The van der Waals surface area contributed by atoms with Gasteiger partial charge in [0.15, 0.2) is 0 Å². The summed E-state index contributed by atoms with van der Waals surface area (Å²) in [5.74, 6) is 1.10. The maximum atomic E-state index is 4.75. The molecule has 2 unspecified atom stereocenters. The summed E-state index contributed by atoms with van der Waals surface area (Å²) < 4.78 is 2.19. The molecule has 0 radical (unpaired) electrons. The molecule has 0 spiro atoms. The Hall–Kier alpha value is -1.39. The number of benzene rings is 1. The van der Waals surface area contributed by atoms with Crippen molar-refractivity contribution in [2.45, 2.75) is 39.3 Å². The molecule has 1 aromatic carbocycles. The second kappa shape index (κ2) is 7.05. The number of nitrogens with one attached hydrogen (secondary N) is 1. The first-order chi connectivity index (χ1) is 10.0. The van der Waals surface area contributed by atoms with Crippen molar-refractivity contribution >= 4 is 11.0 Å². The number of hydrogen-bond donors (Lipinski definition) is 1. The Bertz CT molecular complexity index is 575. The van der Waals surface area contributed by atoms with Gasteiger partial charge in [0.05, 0.1) is 17.1 Å². The van der Waals surface area contributed by atoms with Crippen molar-refractivity contribution in [3.63, 3.8) is 0 Å². The van der Waals surface area contributed by atoms with Crippen LogP contribution in [0.4, 0.5) is 0 Å².